The summed E-state index contributed by atoms with van der Waals surface area (Å²) in [6.07, 6.45) is 5.99. The summed E-state index contributed by atoms with van der Waals surface area (Å²) in [6.45, 7) is 1.28. The smallest absolute Gasteiger partial charge is 0.262 e. The Balaban J connectivity index is 1.74. The van der Waals surface area contributed by atoms with Crippen LogP contribution in [0.2, 0.25) is 0 Å². The lowest BCUT2D eigenvalue weighted by molar-refractivity contribution is 0.0720. The number of benzene rings is 2. The van der Waals surface area contributed by atoms with Gasteiger partial charge in [0.1, 0.15) is 10.4 Å². The number of hydrogen-bond acceptors (Lipinski definition) is 5. The highest BCUT2D eigenvalue weighted by Crippen LogP contribution is 2.28. The first kappa shape index (κ1) is 19.8. The zero-order valence-corrected chi connectivity index (χ0v) is 17.9. The van der Waals surface area contributed by atoms with Crippen molar-refractivity contribution < 1.29 is 13.2 Å². The fraction of sp³-hybridized carbons (Fsp3) is 0.250. The van der Waals surface area contributed by atoms with E-state index in [4.69, 9.17) is 0 Å². The normalized spacial score (nSPS) is 14.7. The Morgan fingerprint density at radius 3 is 2.59 bits per heavy atom. The van der Waals surface area contributed by atoms with Gasteiger partial charge in [-0.15, -0.1) is 0 Å². The van der Waals surface area contributed by atoms with E-state index in [1.165, 1.54) is 12.3 Å². The van der Waals surface area contributed by atoms with E-state index in [0.717, 1.165) is 19.3 Å². The molecule has 0 aliphatic carbocycles. The number of hydrogen-bond donors (Lipinski definition) is 1. The number of nitrogens with zero attached hydrogens (tertiary/aromatic N) is 3. The van der Waals surface area contributed by atoms with E-state index in [1.54, 1.807) is 41.4 Å². The van der Waals surface area contributed by atoms with Gasteiger partial charge in [0, 0.05) is 30.0 Å². The summed E-state index contributed by atoms with van der Waals surface area (Å²) in [5.41, 5.74) is 1.49. The van der Waals surface area contributed by atoms with Crippen LogP contribution in [-0.2, 0) is 10.0 Å². The van der Waals surface area contributed by atoms with Gasteiger partial charge < -0.3 is 4.90 Å². The number of carbonyl (C=O) groups excluding carboxylic acids is 1. The van der Waals surface area contributed by atoms with Crippen molar-refractivity contribution in [1.82, 2.24) is 14.9 Å². The van der Waals surface area contributed by atoms with Crippen LogP contribution >= 0.6 is 15.9 Å². The first-order valence-electron chi connectivity index (χ1n) is 9.27. The number of fused-ring (bicyclic) bond motifs is 1. The zero-order valence-electron chi connectivity index (χ0n) is 15.5. The second kappa shape index (κ2) is 8.08. The minimum atomic E-state index is -4.04. The van der Waals surface area contributed by atoms with Gasteiger partial charge in [-0.1, -0.05) is 22.0 Å². The molecule has 1 aromatic heterocycles. The molecule has 150 valence electrons. The molecule has 2 heterocycles. The zero-order chi connectivity index (χ0) is 20.4. The Labute approximate surface area is 177 Å². The minimum Gasteiger partial charge on any atom is -0.339 e. The quantitative estimate of drug-likeness (QED) is 0.620. The van der Waals surface area contributed by atoms with Gasteiger partial charge in [0.2, 0.25) is 0 Å². The van der Waals surface area contributed by atoms with Crippen molar-refractivity contribution in [3.05, 3.63) is 58.8 Å². The highest BCUT2D eigenvalue weighted by molar-refractivity contribution is 9.10. The topological polar surface area (TPSA) is 92.3 Å². The SMILES string of the molecule is O=C(c1ccc(Br)cc1S(=O)(=O)Nc1cccc2nccnc12)N1CCCCC1. The van der Waals surface area contributed by atoms with Crippen molar-refractivity contribution in [3.63, 3.8) is 0 Å². The van der Waals surface area contributed by atoms with E-state index >= 15 is 0 Å². The van der Waals surface area contributed by atoms with Crippen LogP contribution in [0.5, 0.6) is 0 Å². The van der Waals surface area contributed by atoms with Crippen LogP contribution in [0.4, 0.5) is 5.69 Å². The molecule has 0 saturated carbocycles. The molecule has 1 aliphatic heterocycles. The fourth-order valence-electron chi connectivity index (χ4n) is 3.44. The van der Waals surface area contributed by atoms with Gasteiger partial charge in [0.15, 0.2) is 0 Å². The van der Waals surface area contributed by atoms with Gasteiger partial charge in [0.05, 0.1) is 16.8 Å². The maximum Gasteiger partial charge on any atom is 0.262 e. The molecule has 2 aromatic carbocycles. The van der Waals surface area contributed by atoms with E-state index < -0.39 is 10.0 Å². The molecule has 1 fully saturated rings. The number of sulfonamides is 1. The monoisotopic (exact) mass is 474 g/mol. The number of para-hydroxylation sites is 1. The molecule has 0 unspecified atom stereocenters. The lowest BCUT2D eigenvalue weighted by Gasteiger charge is -2.27. The molecular formula is C20H19BrN4O3S. The molecule has 0 atom stereocenters. The summed E-state index contributed by atoms with van der Waals surface area (Å²) in [7, 11) is -4.04. The molecule has 0 bridgehead atoms. The number of aromatic nitrogens is 2. The number of nitrogens with one attached hydrogen (secondary N) is 1. The van der Waals surface area contributed by atoms with Gasteiger partial charge in [0.25, 0.3) is 15.9 Å². The summed E-state index contributed by atoms with van der Waals surface area (Å²) in [5.74, 6) is -0.268. The highest BCUT2D eigenvalue weighted by Gasteiger charge is 2.27. The van der Waals surface area contributed by atoms with Crippen molar-refractivity contribution in [1.29, 1.82) is 0 Å². The summed E-state index contributed by atoms with van der Waals surface area (Å²) in [5, 5.41) is 0. The van der Waals surface area contributed by atoms with Crippen LogP contribution in [0.3, 0.4) is 0 Å². The second-order valence-electron chi connectivity index (χ2n) is 6.83. The summed E-state index contributed by atoms with van der Waals surface area (Å²) in [6, 6.07) is 9.77. The van der Waals surface area contributed by atoms with Gasteiger partial charge in [-0.25, -0.2) is 8.42 Å². The lowest BCUT2D eigenvalue weighted by atomic mass is 10.1. The first-order chi connectivity index (χ1) is 14.0. The van der Waals surface area contributed by atoms with Crippen molar-refractivity contribution >= 4 is 48.6 Å². The largest absolute Gasteiger partial charge is 0.339 e. The van der Waals surface area contributed by atoms with Gasteiger partial charge in [-0.3, -0.25) is 19.5 Å². The summed E-state index contributed by atoms with van der Waals surface area (Å²) < 4.78 is 29.7. The van der Waals surface area contributed by atoms with E-state index in [9.17, 15) is 13.2 Å². The molecule has 29 heavy (non-hydrogen) atoms. The third-order valence-corrected chi connectivity index (χ3v) is 6.75. The number of carbonyl (C=O) groups is 1. The molecule has 0 spiro atoms. The highest BCUT2D eigenvalue weighted by atomic mass is 79.9. The molecule has 1 aliphatic rings. The molecular weight excluding hydrogens is 456 g/mol. The average Bonchev–Trinajstić information content (AvgIpc) is 2.74. The van der Waals surface area contributed by atoms with Gasteiger partial charge >= 0.3 is 0 Å². The number of piperidine rings is 1. The number of amides is 1. The Kier molecular flexibility index (Phi) is 5.51. The number of likely N-dealkylation sites (tertiary alicyclic amines) is 1. The van der Waals surface area contributed by atoms with Crippen LogP contribution in [-0.4, -0.2) is 42.3 Å². The van der Waals surface area contributed by atoms with Crippen LogP contribution in [0.15, 0.2) is 58.2 Å². The molecule has 0 radical (unpaired) electrons. The first-order valence-corrected chi connectivity index (χ1v) is 11.5. The van der Waals surface area contributed by atoms with Gasteiger partial charge in [-0.2, -0.15) is 0 Å². The predicted molar refractivity (Wildman–Crippen MR) is 114 cm³/mol. The Bertz CT molecular complexity index is 1170. The summed E-state index contributed by atoms with van der Waals surface area (Å²) in [4.78, 5) is 23.1. The van der Waals surface area contributed by atoms with Crippen LogP contribution in [0, 0.1) is 0 Å². The molecule has 1 saturated heterocycles. The lowest BCUT2D eigenvalue weighted by Crippen LogP contribution is -2.36. The Morgan fingerprint density at radius 1 is 1.03 bits per heavy atom. The molecule has 7 nitrogen and oxygen atoms in total. The average molecular weight is 475 g/mol. The fourth-order valence-corrected chi connectivity index (χ4v) is 5.24. The van der Waals surface area contributed by atoms with Crippen molar-refractivity contribution in [2.45, 2.75) is 24.2 Å². The van der Waals surface area contributed by atoms with Gasteiger partial charge in [-0.05, 0) is 49.6 Å². The molecule has 1 N–H and O–H groups in total. The van der Waals surface area contributed by atoms with Crippen molar-refractivity contribution in [2.75, 3.05) is 17.8 Å². The van der Waals surface area contributed by atoms with E-state index in [1.807, 2.05) is 0 Å². The molecule has 1 amide bonds. The molecule has 4 rings (SSSR count). The van der Waals surface area contributed by atoms with Crippen LogP contribution in [0.25, 0.3) is 11.0 Å². The standard InChI is InChI=1S/C20H19BrN4O3S/c21-14-7-8-15(20(26)25-11-2-1-3-12-25)18(13-14)29(27,28)24-17-6-4-5-16-19(17)23-10-9-22-16/h4-10,13,24H,1-3,11-12H2. The predicted octanol–water partition coefficient (Wildman–Crippen LogP) is 3.82. The van der Waals surface area contributed by atoms with E-state index in [2.05, 4.69) is 30.6 Å². The maximum atomic E-state index is 13.3. The van der Waals surface area contributed by atoms with Crippen LogP contribution in [0.1, 0.15) is 29.6 Å². The number of anilines is 1. The number of halogens is 1. The van der Waals surface area contributed by atoms with Crippen molar-refractivity contribution in [3.8, 4) is 0 Å². The summed E-state index contributed by atoms with van der Waals surface area (Å²) >= 11 is 3.32. The Hall–Kier alpha value is -2.52. The number of rotatable bonds is 4. The van der Waals surface area contributed by atoms with E-state index in [-0.39, 0.29) is 16.4 Å². The van der Waals surface area contributed by atoms with E-state index in [0.29, 0.717) is 34.3 Å². The third kappa shape index (κ3) is 4.11. The Morgan fingerprint density at radius 2 is 1.79 bits per heavy atom. The van der Waals surface area contributed by atoms with Crippen molar-refractivity contribution in [2.24, 2.45) is 0 Å². The van der Waals surface area contributed by atoms with Crippen LogP contribution < -0.4 is 4.72 Å². The minimum absolute atomic E-state index is 0.0664. The second-order valence-corrected chi connectivity index (χ2v) is 9.39. The maximum absolute atomic E-state index is 13.3. The molecule has 9 heteroatoms. The third-order valence-electron chi connectivity index (χ3n) is 4.85. The molecule has 3 aromatic rings.